The van der Waals surface area contributed by atoms with Crippen LogP contribution in [0.25, 0.3) is 0 Å². The molecule has 0 unspecified atom stereocenters. The maximum absolute atomic E-state index is 13.4. The smallest absolute Gasteiger partial charge is 0.496 e. The molecule has 2 aromatic carbocycles. The highest BCUT2D eigenvalue weighted by Gasteiger charge is 2.43. The molecule has 37 heavy (non-hydrogen) atoms. The van der Waals surface area contributed by atoms with Gasteiger partial charge in [-0.3, -0.25) is 14.6 Å². The Morgan fingerprint density at radius 1 is 1.14 bits per heavy atom. The highest BCUT2D eigenvalue weighted by molar-refractivity contribution is 6.12. The molecule has 11 heteroatoms. The Bertz CT molecular complexity index is 1330. The van der Waals surface area contributed by atoms with Crippen LogP contribution in [0.3, 0.4) is 0 Å². The number of carbonyl (C=O) groups excluding carboxylic acids is 2. The van der Waals surface area contributed by atoms with E-state index in [1.54, 1.807) is 43.6 Å². The predicted octanol–water partition coefficient (Wildman–Crippen LogP) is 3.81. The molecule has 0 atom stereocenters. The van der Waals surface area contributed by atoms with E-state index in [9.17, 15) is 18.4 Å². The minimum atomic E-state index is -3.77. The van der Waals surface area contributed by atoms with E-state index < -0.39 is 18.1 Å². The molecule has 0 saturated carbocycles. The van der Waals surface area contributed by atoms with Crippen molar-refractivity contribution in [2.45, 2.75) is 19.6 Å². The molecule has 1 aromatic heterocycles. The fourth-order valence-electron chi connectivity index (χ4n) is 3.94. The molecule has 0 bridgehead atoms. The zero-order valence-corrected chi connectivity index (χ0v) is 20.1. The summed E-state index contributed by atoms with van der Waals surface area (Å²) in [5.41, 5.74) is 1.77. The Morgan fingerprint density at radius 2 is 1.92 bits per heavy atom. The van der Waals surface area contributed by atoms with Gasteiger partial charge in [-0.05, 0) is 36.8 Å². The first-order valence-electron chi connectivity index (χ1n) is 11.3. The Hall–Kier alpha value is -4.54. The van der Waals surface area contributed by atoms with Crippen LogP contribution in [0.1, 0.15) is 28.4 Å². The topological polar surface area (TPSA) is 114 Å². The van der Waals surface area contributed by atoms with Gasteiger partial charge in [-0.25, -0.2) is 0 Å². The zero-order chi connectivity index (χ0) is 26.6. The number of likely N-dealkylation sites (N-methyl/N-ethyl adjacent to an activating group) is 1. The maximum Gasteiger partial charge on any atom is 0.586 e. The van der Waals surface area contributed by atoms with Gasteiger partial charge in [-0.15, -0.1) is 8.78 Å². The van der Waals surface area contributed by atoms with Crippen LogP contribution < -0.4 is 24.4 Å². The molecule has 1 aliphatic rings. The molecule has 192 valence electrons. The van der Waals surface area contributed by atoms with Crippen LogP contribution in [0.4, 0.5) is 14.5 Å². The number of methoxy groups -OCH3 is 1. The lowest BCUT2D eigenvalue weighted by Gasteiger charge is -2.22. The van der Waals surface area contributed by atoms with E-state index in [1.807, 2.05) is 6.07 Å². The van der Waals surface area contributed by atoms with Crippen LogP contribution >= 0.6 is 0 Å². The molecule has 2 amide bonds. The lowest BCUT2D eigenvalue weighted by molar-refractivity contribution is -0.286. The molecule has 1 aliphatic heterocycles. The normalized spacial score (nSPS) is 13.1. The lowest BCUT2D eigenvalue weighted by atomic mass is 9.97. The summed E-state index contributed by atoms with van der Waals surface area (Å²) in [6, 6.07) is 12.5. The second kappa shape index (κ2) is 10.6. The van der Waals surface area contributed by atoms with Gasteiger partial charge in [0.25, 0.3) is 5.91 Å². The van der Waals surface area contributed by atoms with Crippen molar-refractivity contribution in [3.8, 4) is 17.2 Å². The van der Waals surface area contributed by atoms with Crippen molar-refractivity contribution in [3.05, 3.63) is 77.6 Å². The minimum Gasteiger partial charge on any atom is -0.496 e. The number of nitrogens with one attached hydrogen (secondary N) is 2. The molecule has 0 aliphatic carbocycles. The largest absolute Gasteiger partial charge is 0.586 e. The standard InChI is InChI=1S/C26H24F2N4O5/c1-3-32(17-9-10-20-22(13-17)37-26(27,28)36-20)23(33)15-31-25(34)24-18(7-4-8-21(24)35-2)19(29)12-16-6-5-11-30-14-16/h4-11,13-14,29H,3,12,15H2,1-2H3,(H,31,34). The van der Waals surface area contributed by atoms with E-state index in [1.165, 1.54) is 30.2 Å². The number of anilines is 1. The quantitative estimate of drug-likeness (QED) is 0.424. The van der Waals surface area contributed by atoms with Gasteiger partial charge in [0.15, 0.2) is 11.5 Å². The number of alkyl halides is 2. The van der Waals surface area contributed by atoms with Crippen molar-refractivity contribution in [3.63, 3.8) is 0 Å². The molecular formula is C26H24F2N4O5. The molecule has 0 spiro atoms. The monoisotopic (exact) mass is 510 g/mol. The van der Waals surface area contributed by atoms with Gasteiger partial charge in [-0.1, -0.05) is 18.2 Å². The SMILES string of the molecule is CCN(C(=O)CNC(=O)c1c(OC)cccc1C(=N)Cc1cccnc1)c1ccc2c(c1)OC(F)(F)O2. The van der Waals surface area contributed by atoms with Gasteiger partial charge >= 0.3 is 6.29 Å². The number of amides is 2. The van der Waals surface area contributed by atoms with Gasteiger partial charge in [-0.2, -0.15) is 0 Å². The first-order valence-corrected chi connectivity index (χ1v) is 11.3. The van der Waals surface area contributed by atoms with Crippen molar-refractivity contribution in [1.29, 1.82) is 5.41 Å². The number of pyridine rings is 1. The second-order valence-electron chi connectivity index (χ2n) is 8.02. The summed E-state index contributed by atoms with van der Waals surface area (Å²) in [5, 5.41) is 11.2. The number of benzene rings is 2. The van der Waals surface area contributed by atoms with Crippen molar-refractivity contribution >= 4 is 23.2 Å². The maximum atomic E-state index is 13.4. The summed E-state index contributed by atoms with van der Waals surface area (Å²) >= 11 is 0. The number of carbonyl (C=O) groups is 2. The second-order valence-corrected chi connectivity index (χ2v) is 8.02. The van der Waals surface area contributed by atoms with Gasteiger partial charge in [0.05, 0.1) is 19.2 Å². The predicted molar refractivity (Wildman–Crippen MR) is 131 cm³/mol. The van der Waals surface area contributed by atoms with E-state index in [2.05, 4.69) is 19.8 Å². The molecule has 4 rings (SSSR count). The third-order valence-corrected chi connectivity index (χ3v) is 5.62. The van der Waals surface area contributed by atoms with Gasteiger partial charge < -0.3 is 29.8 Å². The summed E-state index contributed by atoms with van der Waals surface area (Å²) in [6.07, 6.45) is -0.253. The summed E-state index contributed by atoms with van der Waals surface area (Å²) in [4.78, 5) is 31.5. The fourth-order valence-corrected chi connectivity index (χ4v) is 3.94. The average Bonchev–Trinajstić information content (AvgIpc) is 3.20. The molecule has 2 N–H and O–H groups in total. The van der Waals surface area contributed by atoms with E-state index >= 15 is 0 Å². The average molecular weight is 510 g/mol. The van der Waals surface area contributed by atoms with Gasteiger partial charge in [0, 0.05) is 48.4 Å². The van der Waals surface area contributed by atoms with Crippen LogP contribution in [0.15, 0.2) is 60.9 Å². The van der Waals surface area contributed by atoms with E-state index in [4.69, 9.17) is 10.1 Å². The molecular weight excluding hydrogens is 486 g/mol. The Morgan fingerprint density at radius 3 is 2.62 bits per heavy atom. The van der Waals surface area contributed by atoms with Crippen LogP contribution in [0.2, 0.25) is 0 Å². The molecule has 0 radical (unpaired) electrons. The number of aromatic nitrogens is 1. The third-order valence-electron chi connectivity index (χ3n) is 5.62. The van der Waals surface area contributed by atoms with Crippen LogP contribution in [-0.4, -0.2) is 49.0 Å². The summed E-state index contributed by atoms with van der Waals surface area (Å²) < 4.78 is 40.9. The number of rotatable bonds is 9. The highest BCUT2D eigenvalue weighted by atomic mass is 19.3. The zero-order valence-electron chi connectivity index (χ0n) is 20.1. The van der Waals surface area contributed by atoms with Crippen LogP contribution in [0.5, 0.6) is 17.2 Å². The van der Waals surface area contributed by atoms with Crippen molar-refractivity contribution < 1.29 is 32.6 Å². The number of ether oxygens (including phenoxy) is 3. The first kappa shape index (κ1) is 25.5. The van der Waals surface area contributed by atoms with E-state index in [0.717, 1.165) is 5.56 Å². The Balaban J connectivity index is 1.49. The third kappa shape index (κ3) is 5.66. The van der Waals surface area contributed by atoms with Crippen LogP contribution in [-0.2, 0) is 11.2 Å². The number of fused-ring (bicyclic) bond motifs is 1. The molecule has 0 saturated heterocycles. The summed E-state index contributed by atoms with van der Waals surface area (Å²) in [6.45, 7) is 1.53. The first-order chi connectivity index (χ1) is 17.7. The molecule has 9 nitrogen and oxygen atoms in total. The van der Waals surface area contributed by atoms with Crippen molar-refractivity contribution in [2.75, 3.05) is 25.1 Å². The lowest BCUT2D eigenvalue weighted by Crippen LogP contribution is -2.40. The van der Waals surface area contributed by atoms with Crippen LogP contribution in [0, 0.1) is 5.41 Å². The van der Waals surface area contributed by atoms with Gasteiger partial charge in [0.1, 0.15) is 5.75 Å². The fraction of sp³-hybridized carbons (Fsp3) is 0.231. The van der Waals surface area contributed by atoms with Gasteiger partial charge in [0.2, 0.25) is 5.91 Å². The summed E-state index contributed by atoms with van der Waals surface area (Å²) in [5.74, 6) is -1.16. The molecule has 2 heterocycles. The summed E-state index contributed by atoms with van der Waals surface area (Å²) in [7, 11) is 1.41. The Labute approximate surface area is 211 Å². The number of hydrogen-bond acceptors (Lipinski definition) is 7. The number of nitrogens with zero attached hydrogens (tertiary/aromatic N) is 2. The molecule has 3 aromatic rings. The molecule has 0 fully saturated rings. The number of halogens is 2. The van der Waals surface area contributed by atoms with E-state index in [-0.39, 0.29) is 48.0 Å². The van der Waals surface area contributed by atoms with Crippen molar-refractivity contribution in [1.82, 2.24) is 10.3 Å². The Kier molecular flexibility index (Phi) is 7.32. The highest BCUT2D eigenvalue weighted by Crippen LogP contribution is 2.42. The van der Waals surface area contributed by atoms with E-state index in [0.29, 0.717) is 11.3 Å². The number of hydrogen-bond donors (Lipinski definition) is 2. The van der Waals surface area contributed by atoms with Crippen molar-refractivity contribution in [2.24, 2.45) is 0 Å². The minimum absolute atomic E-state index is 0.125.